The first-order chi connectivity index (χ1) is 14.4. The molecule has 0 aliphatic rings. The lowest BCUT2D eigenvalue weighted by molar-refractivity contribution is -0.141. The summed E-state index contributed by atoms with van der Waals surface area (Å²) >= 11 is 0. The van der Waals surface area contributed by atoms with Crippen molar-refractivity contribution in [3.63, 3.8) is 0 Å². The SMILES string of the molecule is COC(=O)CCC(=O)Nc1ccccc1Oc1ccc(C(=O)OC)c(C(=O)OC)c1. The van der Waals surface area contributed by atoms with Crippen molar-refractivity contribution >= 4 is 29.5 Å². The Morgan fingerprint density at radius 3 is 2.13 bits per heavy atom. The molecular weight excluding hydrogens is 394 g/mol. The van der Waals surface area contributed by atoms with E-state index in [2.05, 4.69) is 14.8 Å². The normalized spacial score (nSPS) is 9.97. The number of anilines is 1. The van der Waals surface area contributed by atoms with Crippen LogP contribution in [0, 0.1) is 0 Å². The predicted molar refractivity (Wildman–Crippen MR) is 106 cm³/mol. The van der Waals surface area contributed by atoms with E-state index in [1.807, 2.05) is 0 Å². The lowest BCUT2D eigenvalue weighted by Gasteiger charge is -2.14. The third kappa shape index (κ3) is 5.81. The molecule has 1 N–H and O–H groups in total. The van der Waals surface area contributed by atoms with Gasteiger partial charge < -0.3 is 24.3 Å². The molecule has 2 aromatic carbocycles. The van der Waals surface area contributed by atoms with Gasteiger partial charge in [0.25, 0.3) is 0 Å². The van der Waals surface area contributed by atoms with E-state index in [0.717, 1.165) is 0 Å². The van der Waals surface area contributed by atoms with Crippen LogP contribution < -0.4 is 10.1 Å². The molecule has 0 aliphatic heterocycles. The maximum absolute atomic E-state index is 12.1. The summed E-state index contributed by atoms with van der Waals surface area (Å²) in [6.07, 6.45) is -0.107. The maximum atomic E-state index is 12.1. The zero-order valence-corrected chi connectivity index (χ0v) is 16.7. The minimum Gasteiger partial charge on any atom is -0.469 e. The van der Waals surface area contributed by atoms with E-state index < -0.39 is 23.8 Å². The predicted octanol–water partition coefficient (Wildman–Crippen LogP) is 2.94. The highest BCUT2D eigenvalue weighted by atomic mass is 16.5. The smallest absolute Gasteiger partial charge is 0.338 e. The Balaban J connectivity index is 2.24. The molecule has 9 nitrogen and oxygen atoms in total. The summed E-state index contributed by atoms with van der Waals surface area (Å²) in [6, 6.07) is 10.8. The molecule has 158 valence electrons. The Labute approximate surface area is 172 Å². The second-order valence-corrected chi connectivity index (χ2v) is 5.91. The molecule has 0 atom stereocenters. The van der Waals surface area contributed by atoms with Gasteiger partial charge in [-0.3, -0.25) is 9.59 Å². The molecule has 2 aromatic rings. The summed E-state index contributed by atoms with van der Waals surface area (Å²) in [4.78, 5) is 47.2. The van der Waals surface area contributed by atoms with Crippen LogP contribution in [0.1, 0.15) is 33.6 Å². The van der Waals surface area contributed by atoms with Gasteiger partial charge in [-0.2, -0.15) is 0 Å². The molecule has 0 unspecified atom stereocenters. The van der Waals surface area contributed by atoms with E-state index in [9.17, 15) is 19.2 Å². The van der Waals surface area contributed by atoms with Gasteiger partial charge in [0.2, 0.25) is 5.91 Å². The summed E-state index contributed by atoms with van der Waals surface area (Å²) in [7, 11) is 3.64. The first kappa shape index (κ1) is 22.4. The van der Waals surface area contributed by atoms with E-state index in [1.54, 1.807) is 24.3 Å². The third-order valence-electron chi connectivity index (χ3n) is 3.97. The molecule has 0 aliphatic carbocycles. The standard InChI is InChI=1S/C21H21NO8/c1-27-19(24)11-10-18(23)22-16-6-4-5-7-17(16)30-13-8-9-14(20(25)28-2)15(12-13)21(26)29-3/h4-9,12H,10-11H2,1-3H3,(H,22,23). The summed E-state index contributed by atoms with van der Waals surface area (Å²) in [6.45, 7) is 0. The quantitative estimate of drug-likeness (QED) is 0.517. The van der Waals surface area contributed by atoms with Gasteiger partial charge in [0.1, 0.15) is 5.75 Å². The minimum atomic E-state index is -0.731. The molecule has 0 fully saturated rings. The first-order valence-corrected chi connectivity index (χ1v) is 8.83. The number of carbonyl (C=O) groups is 4. The van der Waals surface area contributed by atoms with Crippen molar-refractivity contribution in [1.82, 2.24) is 0 Å². The molecule has 1 amide bonds. The van der Waals surface area contributed by atoms with Crippen molar-refractivity contribution in [1.29, 1.82) is 0 Å². The van der Waals surface area contributed by atoms with Gasteiger partial charge in [0.05, 0.1) is 44.6 Å². The number of carbonyl (C=O) groups excluding carboxylic acids is 4. The van der Waals surface area contributed by atoms with Crippen LogP contribution in [0.5, 0.6) is 11.5 Å². The van der Waals surface area contributed by atoms with Gasteiger partial charge in [0, 0.05) is 6.42 Å². The van der Waals surface area contributed by atoms with Gasteiger partial charge in [-0.05, 0) is 30.3 Å². The number of hydrogen-bond donors (Lipinski definition) is 1. The number of hydrogen-bond acceptors (Lipinski definition) is 8. The number of para-hydroxylation sites is 2. The van der Waals surface area contributed by atoms with Gasteiger partial charge in [0.15, 0.2) is 5.75 Å². The molecule has 0 bridgehead atoms. The molecule has 0 saturated carbocycles. The van der Waals surface area contributed by atoms with E-state index in [0.29, 0.717) is 11.4 Å². The average Bonchev–Trinajstić information content (AvgIpc) is 2.77. The van der Waals surface area contributed by atoms with E-state index in [4.69, 9.17) is 9.47 Å². The third-order valence-corrected chi connectivity index (χ3v) is 3.97. The summed E-state index contributed by atoms with van der Waals surface area (Å²) < 4.78 is 19.7. The number of benzene rings is 2. The van der Waals surface area contributed by atoms with Crippen molar-refractivity contribution in [2.45, 2.75) is 12.8 Å². The monoisotopic (exact) mass is 415 g/mol. The zero-order valence-electron chi connectivity index (χ0n) is 16.7. The summed E-state index contributed by atoms with van der Waals surface area (Å²) in [5.41, 5.74) is 0.367. The largest absolute Gasteiger partial charge is 0.469 e. The molecule has 0 saturated heterocycles. The lowest BCUT2D eigenvalue weighted by atomic mass is 10.1. The van der Waals surface area contributed by atoms with Gasteiger partial charge in [-0.25, -0.2) is 9.59 Å². The van der Waals surface area contributed by atoms with Crippen LogP contribution >= 0.6 is 0 Å². The number of rotatable bonds is 8. The number of ether oxygens (including phenoxy) is 4. The number of methoxy groups -OCH3 is 3. The fourth-order valence-corrected chi connectivity index (χ4v) is 2.47. The average molecular weight is 415 g/mol. The topological polar surface area (TPSA) is 117 Å². The summed E-state index contributed by atoms with van der Waals surface area (Å²) in [5.74, 6) is -1.78. The van der Waals surface area contributed by atoms with Crippen molar-refractivity contribution < 1.29 is 38.1 Å². The highest BCUT2D eigenvalue weighted by Crippen LogP contribution is 2.31. The Morgan fingerprint density at radius 2 is 1.47 bits per heavy atom. The van der Waals surface area contributed by atoms with E-state index in [-0.39, 0.29) is 29.7 Å². The van der Waals surface area contributed by atoms with Crippen LogP contribution in [0.15, 0.2) is 42.5 Å². The first-order valence-electron chi connectivity index (χ1n) is 8.83. The number of amides is 1. The number of nitrogens with one attached hydrogen (secondary N) is 1. The molecular formula is C21H21NO8. The maximum Gasteiger partial charge on any atom is 0.338 e. The highest BCUT2D eigenvalue weighted by molar-refractivity contribution is 6.03. The molecule has 0 aromatic heterocycles. The van der Waals surface area contributed by atoms with Crippen LogP contribution in [-0.2, 0) is 23.8 Å². The lowest BCUT2D eigenvalue weighted by Crippen LogP contribution is -2.14. The zero-order chi connectivity index (χ0) is 22.1. The van der Waals surface area contributed by atoms with E-state index in [1.165, 1.54) is 39.5 Å². The second kappa shape index (κ2) is 10.6. The van der Waals surface area contributed by atoms with Crippen molar-refractivity contribution in [3.05, 3.63) is 53.6 Å². The van der Waals surface area contributed by atoms with Crippen LogP contribution in [0.3, 0.4) is 0 Å². The summed E-state index contributed by atoms with van der Waals surface area (Å²) in [5, 5.41) is 2.66. The van der Waals surface area contributed by atoms with Crippen LogP contribution in [-0.4, -0.2) is 45.1 Å². The van der Waals surface area contributed by atoms with Crippen LogP contribution in [0.25, 0.3) is 0 Å². The molecule has 0 spiro atoms. The Kier molecular flexibility index (Phi) is 7.92. The molecule has 0 heterocycles. The highest BCUT2D eigenvalue weighted by Gasteiger charge is 2.20. The number of esters is 3. The van der Waals surface area contributed by atoms with E-state index >= 15 is 0 Å². The molecule has 9 heteroatoms. The second-order valence-electron chi connectivity index (χ2n) is 5.91. The van der Waals surface area contributed by atoms with Crippen LogP contribution in [0.2, 0.25) is 0 Å². The molecule has 30 heavy (non-hydrogen) atoms. The Hall–Kier alpha value is -3.88. The van der Waals surface area contributed by atoms with Gasteiger partial charge in [-0.15, -0.1) is 0 Å². The van der Waals surface area contributed by atoms with Gasteiger partial charge in [-0.1, -0.05) is 12.1 Å². The Morgan fingerprint density at radius 1 is 0.800 bits per heavy atom. The molecule has 0 radical (unpaired) electrons. The fourth-order valence-electron chi connectivity index (χ4n) is 2.47. The van der Waals surface area contributed by atoms with Crippen LogP contribution in [0.4, 0.5) is 5.69 Å². The van der Waals surface area contributed by atoms with Gasteiger partial charge >= 0.3 is 17.9 Å². The minimum absolute atomic E-state index is 0.0264. The fraction of sp³-hybridized carbons (Fsp3) is 0.238. The molecule has 2 rings (SSSR count). The van der Waals surface area contributed by atoms with Crippen molar-refractivity contribution in [3.8, 4) is 11.5 Å². The van der Waals surface area contributed by atoms with Crippen molar-refractivity contribution in [2.75, 3.05) is 26.6 Å². The van der Waals surface area contributed by atoms with Crippen molar-refractivity contribution in [2.24, 2.45) is 0 Å². The Bertz CT molecular complexity index is 954.